The second kappa shape index (κ2) is 9.72. The summed E-state index contributed by atoms with van der Waals surface area (Å²) in [7, 11) is 0. The average Bonchev–Trinajstić information content (AvgIpc) is 3.59. The van der Waals surface area contributed by atoms with Crippen LogP contribution in [0.3, 0.4) is 0 Å². The number of rotatable bonds is 4. The van der Waals surface area contributed by atoms with Crippen molar-refractivity contribution in [3.63, 3.8) is 0 Å². The molecule has 2 spiro atoms. The van der Waals surface area contributed by atoms with E-state index in [0.29, 0.717) is 12.3 Å². The fourth-order valence-electron chi connectivity index (χ4n) is 13.1. The first-order chi connectivity index (χ1) is 20.7. The number of hydrogen-bond acceptors (Lipinski definition) is 10. The number of ether oxygens (including phenoxy) is 3. The van der Waals surface area contributed by atoms with Crippen LogP contribution in [0.4, 0.5) is 0 Å². The molecule has 7 aliphatic rings. The van der Waals surface area contributed by atoms with Crippen molar-refractivity contribution in [3.8, 4) is 0 Å². The molecule has 2 aliphatic heterocycles. The van der Waals surface area contributed by atoms with Gasteiger partial charge in [0.15, 0.2) is 12.1 Å². The molecule has 7 fully saturated rings. The lowest BCUT2D eigenvalue weighted by molar-refractivity contribution is -0.304. The number of Topliss-reactive ketones (excluding diaryl/α,β-unsaturated/α-hetero) is 1. The first-order valence-electron chi connectivity index (χ1n) is 17.4. The van der Waals surface area contributed by atoms with E-state index in [2.05, 4.69) is 34.6 Å². The maximum absolute atomic E-state index is 14.8. The van der Waals surface area contributed by atoms with Gasteiger partial charge in [0, 0.05) is 11.3 Å². The molecule has 16 atom stereocenters. The van der Waals surface area contributed by atoms with Gasteiger partial charge in [0.05, 0.1) is 24.4 Å². The van der Waals surface area contributed by atoms with Gasteiger partial charge in [-0.25, -0.2) is 0 Å². The molecule has 45 heavy (non-hydrogen) atoms. The lowest BCUT2D eigenvalue weighted by Crippen LogP contribution is -2.60. The highest BCUT2D eigenvalue weighted by molar-refractivity contribution is 5.96. The third-order valence-corrected chi connectivity index (χ3v) is 15.4. The van der Waals surface area contributed by atoms with Crippen molar-refractivity contribution in [1.29, 1.82) is 0 Å². The van der Waals surface area contributed by atoms with Gasteiger partial charge in [0.2, 0.25) is 5.79 Å². The first kappa shape index (κ1) is 32.8. The monoisotopic (exact) mass is 636 g/mol. The zero-order valence-corrected chi connectivity index (χ0v) is 28.0. The van der Waals surface area contributed by atoms with Crippen molar-refractivity contribution in [2.75, 3.05) is 6.61 Å². The Labute approximate surface area is 266 Å². The normalized spacial score (nSPS) is 57.6. The number of aliphatic hydroxyl groups is 6. The van der Waals surface area contributed by atoms with Crippen LogP contribution in [0.1, 0.15) is 99.8 Å². The Bertz CT molecular complexity index is 1230. The molecule has 0 aromatic heterocycles. The van der Waals surface area contributed by atoms with E-state index in [0.717, 1.165) is 44.9 Å². The molecule has 0 aromatic carbocycles. The van der Waals surface area contributed by atoms with E-state index < -0.39 is 64.9 Å². The third kappa shape index (κ3) is 3.92. The summed E-state index contributed by atoms with van der Waals surface area (Å²) in [6.45, 7) is 13.8. The molecule has 5 aliphatic carbocycles. The van der Waals surface area contributed by atoms with Crippen LogP contribution >= 0.6 is 0 Å². The number of ketones is 1. The van der Waals surface area contributed by atoms with Crippen molar-refractivity contribution >= 4 is 5.78 Å². The molecule has 5 saturated carbocycles. The Morgan fingerprint density at radius 1 is 0.956 bits per heavy atom. The molecular weight excluding hydrogens is 580 g/mol. The number of carbonyl (C=O) groups is 1. The Kier molecular flexibility index (Phi) is 7.09. The summed E-state index contributed by atoms with van der Waals surface area (Å²) < 4.78 is 18.3. The highest BCUT2D eigenvalue weighted by atomic mass is 16.7. The van der Waals surface area contributed by atoms with E-state index >= 15 is 0 Å². The zero-order chi connectivity index (χ0) is 32.9. The number of carbonyl (C=O) groups excluding carboxylic acids is 1. The molecule has 0 aromatic rings. The predicted molar refractivity (Wildman–Crippen MR) is 161 cm³/mol. The first-order valence-corrected chi connectivity index (χ1v) is 17.4. The molecule has 0 bridgehead atoms. The summed E-state index contributed by atoms with van der Waals surface area (Å²) in [5.74, 6) is -2.28. The van der Waals surface area contributed by atoms with Gasteiger partial charge in [-0.15, -0.1) is 0 Å². The van der Waals surface area contributed by atoms with Gasteiger partial charge in [0.25, 0.3) is 0 Å². The highest BCUT2D eigenvalue weighted by Gasteiger charge is 2.87. The molecule has 0 unspecified atom stereocenters. The summed E-state index contributed by atoms with van der Waals surface area (Å²) in [6.07, 6.45) is -0.222. The fourth-order valence-corrected chi connectivity index (χ4v) is 13.1. The average molecular weight is 637 g/mol. The van der Waals surface area contributed by atoms with Crippen molar-refractivity contribution in [3.05, 3.63) is 0 Å². The molecular formula is C35H56O10. The second-order valence-corrected chi connectivity index (χ2v) is 18.0. The lowest BCUT2D eigenvalue weighted by Gasteiger charge is -2.62. The van der Waals surface area contributed by atoms with Crippen LogP contribution in [0, 0.1) is 50.7 Å². The molecule has 10 heteroatoms. The van der Waals surface area contributed by atoms with Gasteiger partial charge in [-0.3, -0.25) is 4.79 Å². The number of fused-ring (bicyclic) bond motifs is 4. The van der Waals surface area contributed by atoms with Gasteiger partial charge in [-0.05, 0) is 105 Å². The summed E-state index contributed by atoms with van der Waals surface area (Å²) in [5.41, 5.74) is -2.89. The summed E-state index contributed by atoms with van der Waals surface area (Å²) >= 11 is 0. The van der Waals surface area contributed by atoms with E-state index in [1.54, 1.807) is 0 Å². The van der Waals surface area contributed by atoms with Gasteiger partial charge >= 0.3 is 0 Å². The van der Waals surface area contributed by atoms with Gasteiger partial charge < -0.3 is 44.8 Å². The van der Waals surface area contributed by atoms with Crippen LogP contribution in [0.15, 0.2) is 0 Å². The van der Waals surface area contributed by atoms with Crippen LogP contribution in [0.2, 0.25) is 0 Å². The van der Waals surface area contributed by atoms with Gasteiger partial charge in [-0.2, -0.15) is 0 Å². The molecule has 256 valence electrons. The number of hydrogen-bond donors (Lipinski definition) is 6. The summed E-state index contributed by atoms with van der Waals surface area (Å²) in [4.78, 5) is 14.8. The van der Waals surface area contributed by atoms with Crippen molar-refractivity contribution in [2.45, 2.75) is 154 Å². The minimum atomic E-state index is -2.01. The molecule has 2 saturated heterocycles. The Morgan fingerprint density at radius 2 is 1.60 bits per heavy atom. The Hall–Kier alpha value is -0.690. The SMILES string of the molecule is C[C@@H]1C[C@H]([C@@H](O)C(C)(C)O)O[C@@]2(O)C(=O)[C@@]3(C)[C@@H]4CC[C@H]5C(C)(C)[C@@H](O[C@@H]6OC[C@H](O)[C@H](O)[C@H]6O)CC[C@@]56C[C@@]46CC[C@]3(C)[C@@H]12. The minimum Gasteiger partial charge on any atom is -0.388 e. The standard InChI is InChI=1S/C35H56O10/c1-17-14-19(26(39)30(4,5)41)45-35(42)25(17)31(6)12-13-34-16-33(34)11-10-22(44-27-24(38)23(37)18(36)15-43-27)29(2,3)20(33)8-9-21(34)32(31,7)28(35)40/h17-27,36-39,41-42H,8-16H2,1-7H3/t17-,18+,19-,20+,21+,22+,23+,24-,25-,26-,27+,31-,32-,33-,34+,35-/m1/s1. The Morgan fingerprint density at radius 3 is 2.27 bits per heavy atom. The minimum absolute atomic E-state index is 0.0116. The topological polar surface area (TPSA) is 166 Å². The van der Waals surface area contributed by atoms with Crippen molar-refractivity contribution < 1.29 is 49.6 Å². The largest absolute Gasteiger partial charge is 0.388 e. The van der Waals surface area contributed by atoms with E-state index in [4.69, 9.17) is 14.2 Å². The van der Waals surface area contributed by atoms with Crippen LogP contribution in [0.25, 0.3) is 0 Å². The smallest absolute Gasteiger partial charge is 0.231 e. The van der Waals surface area contributed by atoms with Crippen LogP contribution in [0.5, 0.6) is 0 Å². The maximum Gasteiger partial charge on any atom is 0.231 e. The van der Waals surface area contributed by atoms with Crippen molar-refractivity contribution in [2.24, 2.45) is 50.7 Å². The highest BCUT2D eigenvalue weighted by Crippen LogP contribution is 2.89. The summed E-state index contributed by atoms with van der Waals surface area (Å²) in [6, 6.07) is 0. The lowest BCUT2D eigenvalue weighted by atomic mass is 9.41. The van der Waals surface area contributed by atoms with Gasteiger partial charge in [0.1, 0.15) is 24.4 Å². The molecule has 10 nitrogen and oxygen atoms in total. The maximum atomic E-state index is 14.8. The molecule has 0 amide bonds. The Balaban J connectivity index is 1.17. The predicted octanol–water partition coefficient (Wildman–Crippen LogP) is 2.28. The summed E-state index contributed by atoms with van der Waals surface area (Å²) in [5, 5.41) is 64.5. The zero-order valence-electron chi connectivity index (χ0n) is 28.0. The number of aliphatic hydroxyl groups excluding tert-OH is 4. The van der Waals surface area contributed by atoms with Crippen LogP contribution in [-0.2, 0) is 19.0 Å². The van der Waals surface area contributed by atoms with E-state index in [1.165, 1.54) is 13.8 Å². The quantitative estimate of drug-likeness (QED) is 0.252. The van der Waals surface area contributed by atoms with E-state index in [1.807, 2.05) is 0 Å². The molecule has 7 rings (SSSR count). The second-order valence-electron chi connectivity index (χ2n) is 18.0. The molecule has 6 N–H and O–H groups in total. The third-order valence-electron chi connectivity index (χ3n) is 15.4. The van der Waals surface area contributed by atoms with Crippen LogP contribution in [-0.4, -0.2) is 97.3 Å². The molecule has 0 radical (unpaired) electrons. The van der Waals surface area contributed by atoms with Gasteiger partial charge in [-0.1, -0.05) is 34.6 Å². The van der Waals surface area contributed by atoms with Crippen molar-refractivity contribution in [1.82, 2.24) is 0 Å². The van der Waals surface area contributed by atoms with E-state index in [9.17, 15) is 35.4 Å². The van der Waals surface area contributed by atoms with Crippen LogP contribution < -0.4 is 0 Å². The van der Waals surface area contributed by atoms with E-state index in [-0.39, 0.29) is 46.6 Å². The molecule has 2 heterocycles. The fraction of sp³-hybridized carbons (Fsp3) is 0.971.